The number of hydrogen-bond donors (Lipinski definition) is 0. The molecule has 2 nitrogen and oxygen atoms in total. The molecule has 0 aromatic carbocycles. The first kappa shape index (κ1) is 23.9. The van der Waals surface area contributed by atoms with Crippen molar-refractivity contribution in [2.75, 3.05) is 0 Å². The molecule has 0 fully saturated rings. The molecule has 0 spiro atoms. The first-order valence-electron chi connectivity index (χ1n) is 10.6. The zero-order valence-corrected chi connectivity index (χ0v) is 21.4. The maximum Gasteiger partial charge on any atom is 0.245 e. The van der Waals surface area contributed by atoms with Gasteiger partial charge < -0.3 is 0 Å². The number of nitroso groups, excluding NO2 is 1. The van der Waals surface area contributed by atoms with Gasteiger partial charge in [-0.3, -0.25) is 0 Å². The molecule has 2 aliphatic heterocycles. The van der Waals surface area contributed by atoms with Crippen LogP contribution in [0.1, 0.15) is 83.1 Å². The van der Waals surface area contributed by atoms with Crippen molar-refractivity contribution in [3.8, 4) is 0 Å². The van der Waals surface area contributed by atoms with E-state index in [-0.39, 0.29) is 21.7 Å². The summed E-state index contributed by atoms with van der Waals surface area (Å²) in [6.07, 6.45) is 8.84. The Morgan fingerprint density at radius 2 is 0.862 bits per heavy atom. The molecule has 0 aromatic heterocycles. The lowest BCUT2D eigenvalue weighted by Gasteiger charge is -2.32. The topological polar surface area (TPSA) is 20.1 Å². The van der Waals surface area contributed by atoms with Gasteiger partial charge in [-0.2, -0.15) is 0 Å². The van der Waals surface area contributed by atoms with Gasteiger partial charge in [-0.15, -0.1) is 0 Å². The molecule has 0 aliphatic carbocycles. The summed E-state index contributed by atoms with van der Waals surface area (Å²) < 4.78 is 1.16. The van der Waals surface area contributed by atoms with Crippen molar-refractivity contribution in [3.63, 3.8) is 0 Å². The van der Waals surface area contributed by atoms with Crippen molar-refractivity contribution < 1.29 is 4.76 Å². The molecule has 0 saturated heterocycles. The van der Waals surface area contributed by atoms with Crippen LogP contribution >= 0.6 is 11.8 Å². The molecule has 0 radical (unpaired) electrons. The molecule has 2 rings (SSSR count). The van der Waals surface area contributed by atoms with E-state index in [0.717, 1.165) is 21.7 Å². The Morgan fingerprint density at radius 3 is 1.14 bits per heavy atom. The lowest BCUT2D eigenvalue weighted by Crippen LogP contribution is -2.29. The Morgan fingerprint density at radius 1 is 0.552 bits per heavy atom. The number of rotatable bonds is 0. The fourth-order valence-corrected chi connectivity index (χ4v) is 4.42. The second-order valence-electron chi connectivity index (χ2n) is 12.4. The van der Waals surface area contributed by atoms with E-state index in [1.165, 1.54) is 15.4 Å². The highest BCUT2D eigenvalue weighted by Gasteiger charge is 2.43. The standard InChI is InChI=1S/C26H40NOS/c1-23(2,3)19-13-17(14-20(27(19)28)24(4,5)6)18-15-21(25(7,8)9)29-22(16-18)26(10,11)12/h13-16H,1-12H3/q+1. The minimum atomic E-state index is -0.227. The van der Waals surface area contributed by atoms with Crippen molar-refractivity contribution in [2.45, 2.75) is 83.1 Å². The van der Waals surface area contributed by atoms with E-state index in [9.17, 15) is 4.91 Å². The van der Waals surface area contributed by atoms with Gasteiger partial charge in [-0.25, -0.2) is 0 Å². The molecule has 29 heavy (non-hydrogen) atoms. The van der Waals surface area contributed by atoms with Crippen LogP contribution in [0.25, 0.3) is 0 Å². The number of allylic oxidation sites excluding steroid dienone is 10. The molecule has 0 unspecified atom stereocenters. The minimum absolute atomic E-state index is 0.0770. The third kappa shape index (κ3) is 5.42. The zero-order valence-electron chi connectivity index (χ0n) is 20.6. The van der Waals surface area contributed by atoms with Crippen molar-refractivity contribution in [2.24, 2.45) is 21.7 Å². The fourth-order valence-electron chi connectivity index (χ4n) is 3.20. The van der Waals surface area contributed by atoms with Crippen LogP contribution in [0.5, 0.6) is 0 Å². The molecule has 0 aromatic rings. The summed E-state index contributed by atoms with van der Waals surface area (Å²) >= 11 is 1.90. The SMILES string of the molecule is CC(C)(C)C1=CC(=C2C=C(C(C)(C)C)[N+](=O)C(C(C)(C)C)=C2)C=C(C(C)(C)C)S1. The van der Waals surface area contributed by atoms with Crippen molar-refractivity contribution in [1.82, 2.24) is 0 Å². The molecule has 0 atom stereocenters. The highest BCUT2D eigenvalue weighted by atomic mass is 32.2. The maximum atomic E-state index is 13.2. The Bertz CT molecular complexity index is 796. The van der Waals surface area contributed by atoms with Gasteiger partial charge >= 0.3 is 0 Å². The van der Waals surface area contributed by atoms with Gasteiger partial charge in [0.15, 0.2) is 0 Å². The normalized spacial score (nSPS) is 19.7. The summed E-state index contributed by atoms with van der Waals surface area (Å²) in [5.41, 5.74) is 3.68. The second-order valence-corrected chi connectivity index (χ2v) is 13.5. The molecule has 0 amide bonds. The Hall–Kier alpha value is -1.35. The van der Waals surface area contributed by atoms with E-state index in [4.69, 9.17) is 0 Å². The fraction of sp³-hybridized carbons (Fsp3) is 0.615. The summed E-state index contributed by atoms with van der Waals surface area (Å²) in [7, 11) is 0. The molecule has 0 N–H and O–H groups in total. The van der Waals surface area contributed by atoms with E-state index in [2.05, 4.69) is 107 Å². The smallest absolute Gasteiger partial charge is 0.0978 e. The van der Waals surface area contributed by atoms with Gasteiger partial charge in [0.2, 0.25) is 11.4 Å². The molecular weight excluding hydrogens is 374 g/mol. The largest absolute Gasteiger partial charge is 0.245 e. The second kappa shape index (κ2) is 7.41. The van der Waals surface area contributed by atoms with Gasteiger partial charge in [0.05, 0.1) is 15.6 Å². The first-order chi connectivity index (χ1) is 12.8. The van der Waals surface area contributed by atoms with Crippen LogP contribution in [-0.2, 0) is 0 Å². The van der Waals surface area contributed by atoms with Crippen LogP contribution < -0.4 is 0 Å². The quantitative estimate of drug-likeness (QED) is 0.370. The molecule has 3 heteroatoms. The van der Waals surface area contributed by atoms with E-state index >= 15 is 0 Å². The van der Waals surface area contributed by atoms with Crippen LogP contribution in [-0.4, -0.2) is 4.76 Å². The molecule has 2 heterocycles. The molecule has 0 saturated carbocycles. The summed E-state index contributed by atoms with van der Waals surface area (Å²) in [6, 6.07) is 0. The lowest BCUT2D eigenvalue weighted by atomic mass is 9.82. The third-order valence-corrected chi connectivity index (χ3v) is 7.06. The van der Waals surface area contributed by atoms with Crippen LogP contribution in [0.3, 0.4) is 0 Å². The summed E-state index contributed by atoms with van der Waals surface area (Å²) in [4.78, 5) is 16.0. The van der Waals surface area contributed by atoms with Gasteiger partial charge in [0, 0.05) is 17.1 Å². The highest BCUT2D eigenvalue weighted by Crippen LogP contribution is 2.50. The van der Waals surface area contributed by atoms with Crippen molar-refractivity contribution in [3.05, 3.63) is 61.6 Å². The minimum Gasteiger partial charge on any atom is -0.0978 e. The average molecular weight is 415 g/mol. The van der Waals surface area contributed by atoms with Crippen LogP contribution in [0.4, 0.5) is 0 Å². The molecule has 0 bridgehead atoms. The van der Waals surface area contributed by atoms with E-state index in [0.29, 0.717) is 0 Å². The number of nitrogens with zero attached hydrogens (tertiary/aromatic N) is 1. The first-order valence-corrected chi connectivity index (χ1v) is 11.4. The van der Waals surface area contributed by atoms with Crippen molar-refractivity contribution in [1.29, 1.82) is 0 Å². The third-order valence-electron chi connectivity index (χ3n) is 5.16. The van der Waals surface area contributed by atoms with Gasteiger partial charge in [-0.1, -0.05) is 94.8 Å². The Kier molecular flexibility index (Phi) is 6.11. The summed E-state index contributed by atoms with van der Waals surface area (Å²) in [5.74, 6) is 0. The number of hydrogen-bond acceptors (Lipinski definition) is 2. The predicted octanol–water partition coefficient (Wildman–Crippen LogP) is 8.54. The van der Waals surface area contributed by atoms with Crippen molar-refractivity contribution >= 4 is 11.8 Å². The van der Waals surface area contributed by atoms with E-state index in [1.807, 2.05) is 11.8 Å². The Balaban J connectivity index is 2.84. The zero-order chi connectivity index (χ0) is 22.6. The van der Waals surface area contributed by atoms with Gasteiger partial charge in [0.25, 0.3) is 0 Å². The monoisotopic (exact) mass is 414 g/mol. The van der Waals surface area contributed by atoms with Gasteiger partial charge in [0.1, 0.15) is 0 Å². The number of thioether (sulfide) groups is 1. The Labute approximate surface area is 182 Å². The van der Waals surface area contributed by atoms with Gasteiger partial charge in [-0.05, 0) is 43.9 Å². The van der Waals surface area contributed by atoms with E-state index < -0.39 is 0 Å². The lowest BCUT2D eigenvalue weighted by molar-refractivity contribution is -0.473. The molecule has 2 aliphatic rings. The maximum absolute atomic E-state index is 13.2. The molecular formula is C26H40NOS+. The predicted molar refractivity (Wildman–Crippen MR) is 128 cm³/mol. The molecule has 160 valence electrons. The van der Waals surface area contributed by atoms with Crippen LogP contribution in [0.15, 0.2) is 56.7 Å². The summed E-state index contributed by atoms with van der Waals surface area (Å²) in [6.45, 7) is 26.3. The average Bonchev–Trinajstić information content (AvgIpc) is 2.50. The highest BCUT2D eigenvalue weighted by molar-refractivity contribution is 8.06. The summed E-state index contributed by atoms with van der Waals surface area (Å²) in [5, 5.41) is 0. The van der Waals surface area contributed by atoms with Crippen LogP contribution in [0, 0.1) is 26.6 Å². The van der Waals surface area contributed by atoms with E-state index in [1.54, 1.807) is 0 Å². The van der Waals surface area contributed by atoms with Crippen LogP contribution in [0.2, 0.25) is 0 Å².